The predicted octanol–water partition coefficient (Wildman–Crippen LogP) is 2.37. The molecule has 1 fully saturated rings. The quantitative estimate of drug-likeness (QED) is 0.745. The van der Waals surface area contributed by atoms with E-state index in [1.165, 1.54) is 27.4 Å². The number of sulfonamides is 1. The number of rotatable bonds is 6. The van der Waals surface area contributed by atoms with E-state index < -0.39 is 15.6 Å². The molecule has 1 aromatic rings. The number of aliphatic hydroxyl groups is 1. The lowest BCUT2D eigenvalue weighted by atomic mass is 10.1. The highest BCUT2D eigenvalue weighted by Gasteiger charge is 2.34. The van der Waals surface area contributed by atoms with E-state index >= 15 is 0 Å². The zero-order valence-corrected chi connectivity index (χ0v) is 18.5. The summed E-state index contributed by atoms with van der Waals surface area (Å²) in [4.78, 5) is 14.2. The van der Waals surface area contributed by atoms with Crippen LogP contribution in [0.4, 0.5) is 0 Å². The van der Waals surface area contributed by atoms with Gasteiger partial charge in [-0.05, 0) is 52.8 Å². The van der Waals surface area contributed by atoms with Crippen LogP contribution in [0.2, 0.25) is 5.02 Å². The van der Waals surface area contributed by atoms with Crippen LogP contribution in [0.25, 0.3) is 0 Å². The molecule has 7 nitrogen and oxygen atoms in total. The van der Waals surface area contributed by atoms with E-state index in [1.54, 1.807) is 20.8 Å². The fourth-order valence-electron chi connectivity index (χ4n) is 3.28. The molecule has 2 atom stereocenters. The molecule has 0 bridgehead atoms. The average Bonchev–Trinajstić information content (AvgIpc) is 2.57. The second-order valence-electron chi connectivity index (χ2n) is 7.86. The monoisotopic (exact) mass is 432 g/mol. The molecule has 0 spiro atoms. The van der Waals surface area contributed by atoms with E-state index in [2.05, 4.69) is 0 Å². The number of morpholine rings is 1. The summed E-state index contributed by atoms with van der Waals surface area (Å²) >= 11 is 6.20. The summed E-state index contributed by atoms with van der Waals surface area (Å²) in [5.74, 6) is -0.360. The van der Waals surface area contributed by atoms with Crippen molar-refractivity contribution in [2.75, 3.05) is 26.2 Å². The van der Waals surface area contributed by atoms with Crippen LogP contribution in [0.15, 0.2) is 23.1 Å². The smallest absolute Gasteiger partial charge is 0.253 e. The Labute approximate surface area is 172 Å². The summed E-state index contributed by atoms with van der Waals surface area (Å²) in [7, 11) is -3.88. The highest BCUT2D eigenvalue weighted by atomic mass is 35.5. The highest BCUT2D eigenvalue weighted by Crippen LogP contribution is 2.28. The molecule has 1 N–H and O–H groups in total. The van der Waals surface area contributed by atoms with Crippen LogP contribution in [0, 0.1) is 0 Å². The van der Waals surface area contributed by atoms with E-state index in [-0.39, 0.29) is 53.2 Å². The summed E-state index contributed by atoms with van der Waals surface area (Å²) in [6.45, 7) is 9.61. The minimum absolute atomic E-state index is 0.0638. The van der Waals surface area contributed by atoms with Crippen molar-refractivity contribution in [2.45, 2.75) is 57.3 Å². The lowest BCUT2D eigenvalue weighted by Crippen LogP contribution is -2.48. The molecule has 1 saturated heterocycles. The Bertz CT molecular complexity index is 812. The molecule has 2 rings (SSSR count). The Hall–Kier alpha value is -1.19. The molecule has 0 aliphatic carbocycles. The Morgan fingerprint density at radius 3 is 2.39 bits per heavy atom. The SMILES string of the molecule is CCN(CC(C)(C)O)C(=O)c1ccc(Cl)c(S(=O)(=O)N2C[C@@H](C)O[C@@H](C)C2)c1. The van der Waals surface area contributed by atoms with Crippen molar-refractivity contribution in [1.82, 2.24) is 9.21 Å². The van der Waals surface area contributed by atoms with Crippen molar-refractivity contribution < 1.29 is 23.1 Å². The van der Waals surface area contributed by atoms with Gasteiger partial charge in [-0.2, -0.15) is 4.31 Å². The first kappa shape index (κ1) is 23.1. The van der Waals surface area contributed by atoms with Crippen molar-refractivity contribution in [3.05, 3.63) is 28.8 Å². The van der Waals surface area contributed by atoms with Crippen LogP contribution in [-0.2, 0) is 14.8 Å². The van der Waals surface area contributed by atoms with Crippen molar-refractivity contribution in [1.29, 1.82) is 0 Å². The zero-order chi connectivity index (χ0) is 21.3. The molecule has 9 heteroatoms. The molecule has 0 saturated carbocycles. The van der Waals surface area contributed by atoms with Crippen molar-refractivity contribution in [2.24, 2.45) is 0 Å². The Kier molecular flexibility index (Phi) is 7.15. The number of amides is 1. The number of nitrogens with zero attached hydrogens (tertiary/aromatic N) is 2. The number of carbonyl (C=O) groups is 1. The van der Waals surface area contributed by atoms with Gasteiger partial charge in [0.1, 0.15) is 4.90 Å². The molecule has 0 radical (unpaired) electrons. The molecule has 158 valence electrons. The van der Waals surface area contributed by atoms with Crippen LogP contribution < -0.4 is 0 Å². The Morgan fingerprint density at radius 2 is 1.89 bits per heavy atom. The summed E-state index contributed by atoms with van der Waals surface area (Å²) in [5, 5.41) is 10.1. The number of benzene rings is 1. The number of halogens is 1. The normalized spacial score (nSPS) is 21.5. The molecule has 0 aromatic heterocycles. The van der Waals surface area contributed by atoms with Gasteiger partial charge in [0.25, 0.3) is 5.91 Å². The van der Waals surface area contributed by atoms with Crippen LogP contribution in [0.3, 0.4) is 0 Å². The first-order chi connectivity index (χ1) is 12.8. The lowest BCUT2D eigenvalue weighted by molar-refractivity contribution is -0.0440. The summed E-state index contributed by atoms with van der Waals surface area (Å²) in [5.41, 5.74) is -0.851. The third-order valence-electron chi connectivity index (χ3n) is 4.43. The number of hydrogen-bond acceptors (Lipinski definition) is 5. The van der Waals surface area contributed by atoms with E-state index in [9.17, 15) is 18.3 Å². The van der Waals surface area contributed by atoms with E-state index in [0.717, 1.165) is 0 Å². The van der Waals surface area contributed by atoms with Gasteiger partial charge in [-0.3, -0.25) is 4.79 Å². The topological polar surface area (TPSA) is 87.2 Å². The first-order valence-corrected chi connectivity index (χ1v) is 11.1. The van der Waals surface area contributed by atoms with Crippen LogP contribution >= 0.6 is 11.6 Å². The molecular formula is C19H29ClN2O5S. The van der Waals surface area contributed by atoms with Gasteiger partial charge < -0.3 is 14.7 Å². The molecule has 0 unspecified atom stereocenters. The fraction of sp³-hybridized carbons (Fsp3) is 0.632. The Balaban J connectivity index is 2.38. The molecular weight excluding hydrogens is 404 g/mol. The van der Waals surface area contributed by atoms with Crippen LogP contribution in [0.1, 0.15) is 45.0 Å². The number of carbonyl (C=O) groups excluding carboxylic acids is 1. The predicted molar refractivity (Wildman–Crippen MR) is 108 cm³/mol. The molecule has 1 aliphatic heterocycles. The molecule has 28 heavy (non-hydrogen) atoms. The number of ether oxygens (including phenoxy) is 1. The van der Waals surface area contributed by atoms with Gasteiger partial charge in [-0.25, -0.2) is 8.42 Å². The van der Waals surface area contributed by atoms with Gasteiger partial charge in [0.05, 0.1) is 22.8 Å². The van der Waals surface area contributed by atoms with Gasteiger partial charge in [-0.15, -0.1) is 0 Å². The minimum atomic E-state index is -3.88. The number of hydrogen-bond donors (Lipinski definition) is 1. The fourth-order valence-corrected chi connectivity index (χ4v) is 5.37. The maximum absolute atomic E-state index is 13.2. The second kappa shape index (κ2) is 8.67. The van der Waals surface area contributed by atoms with Crippen molar-refractivity contribution in [3.63, 3.8) is 0 Å². The van der Waals surface area contributed by atoms with Gasteiger partial charge >= 0.3 is 0 Å². The maximum Gasteiger partial charge on any atom is 0.253 e. The molecule has 1 aromatic carbocycles. The summed E-state index contributed by atoms with van der Waals surface area (Å²) in [6, 6.07) is 4.24. The maximum atomic E-state index is 13.2. The van der Waals surface area contributed by atoms with Crippen LogP contribution in [0.5, 0.6) is 0 Å². The first-order valence-electron chi connectivity index (χ1n) is 9.32. The van der Waals surface area contributed by atoms with Crippen LogP contribution in [-0.4, -0.2) is 72.6 Å². The lowest BCUT2D eigenvalue weighted by Gasteiger charge is -2.34. The van der Waals surface area contributed by atoms with E-state index in [4.69, 9.17) is 16.3 Å². The molecule has 1 aliphatic rings. The van der Waals surface area contributed by atoms with Gasteiger partial charge in [0.15, 0.2) is 0 Å². The third kappa shape index (κ3) is 5.45. The second-order valence-corrected chi connectivity index (χ2v) is 10.2. The zero-order valence-electron chi connectivity index (χ0n) is 17.0. The summed E-state index contributed by atoms with van der Waals surface area (Å²) < 4.78 is 33.3. The van der Waals surface area contributed by atoms with E-state index in [0.29, 0.717) is 6.54 Å². The van der Waals surface area contributed by atoms with Gasteiger partial charge in [-0.1, -0.05) is 11.6 Å². The molecule has 1 amide bonds. The molecule has 1 heterocycles. The largest absolute Gasteiger partial charge is 0.389 e. The highest BCUT2D eigenvalue weighted by molar-refractivity contribution is 7.89. The van der Waals surface area contributed by atoms with Crippen molar-refractivity contribution >= 4 is 27.5 Å². The number of likely N-dealkylation sites (N-methyl/N-ethyl adjacent to an activating group) is 1. The Morgan fingerprint density at radius 1 is 1.32 bits per heavy atom. The van der Waals surface area contributed by atoms with Gasteiger partial charge in [0, 0.05) is 31.7 Å². The third-order valence-corrected chi connectivity index (χ3v) is 6.74. The average molecular weight is 433 g/mol. The van der Waals surface area contributed by atoms with Crippen molar-refractivity contribution in [3.8, 4) is 0 Å². The van der Waals surface area contributed by atoms with Gasteiger partial charge in [0.2, 0.25) is 10.0 Å². The standard InChI is InChI=1S/C19H29ClN2O5S/c1-6-21(12-19(4,5)24)18(23)15-7-8-16(20)17(9-15)28(25,26)22-10-13(2)27-14(3)11-22/h7-9,13-14,24H,6,10-12H2,1-5H3/t13-,14+. The minimum Gasteiger partial charge on any atom is -0.389 e. The van der Waals surface area contributed by atoms with E-state index in [1.807, 2.05) is 13.8 Å². The summed E-state index contributed by atoms with van der Waals surface area (Å²) in [6.07, 6.45) is -0.464.